The predicted molar refractivity (Wildman–Crippen MR) is 131 cm³/mol. The van der Waals surface area contributed by atoms with Crippen LogP contribution in [0.1, 0.15) is 42.7 Å². The molecule has 5 N–H and O–H groups in total. The fraction of sp³-hybridized carbons (Fsp3) is 0.320. The van der Waals surface area contributed by atoms with Gasteiger partial charge in [-0.3, -0.25) is 0 Å². The summed E-state index contributed by atoms with van der Waals surface area (Å²) < 4.78 is 5.57. The molecule has 172 valence electrons. The Morgan fingerprint density at radius 3 is 2.45 bits per heavy atom. The molecule has 1 fully saturated rings. The van der Waals surface area contributed by atoms with Gasteiger partial charge in [0.2, 0.25) is 5.96 Å². The number of guanidine groups is 1. The van der Waals surface area contributed by atoms with E-state index in [1.807, 2.05) is 30.3 Å². The van der Waals surface area contributed by atoms with Crippen LogP contribution in [0.25, 0.3) is 11.0 Å². The maximum atomic E-state index is 13.0. The van der Waals surface area contributed by atoms with Crippen LogP contribution in [0.15, 0.2) is 74.0 Å². The van der Waals surface area contributed by atoms with E-state index in [2.05, 4.69) is 15.1 Å². The lowest BCUT2D eigenvalue weighted by Gasteiger charge is -2.21. The number of hydrogen-bond donors (Lipinski definition) is 3. The van der Waals surface area contributed by atoms with Crippen molar-refractivity contribution in [2.24, 2.45) is 21.7 Å². The number of fused-ring (bicyclic) bond motifs is 1. The summed E-state index contributed by atoms with van der Waals surface area (Å²) in [5.74, 6) is -0.673. The largest absolute Gasteiger partial charge is 0.507 e. The van der Waals surface area contributed by atoms with E-state index in [0.29, 0.717) is 23.8 Å². The average molecular weight is 448 g/mol. The molecule has 8 heteroatoms. The van der Waals surface area contributed by atoms with Gasteiger partial charge in [-0.1, -0.05) is 42.5 Å². The maximum Gasteiger partial charge on any atom is 0.343 e. The number of aromatic hydroxyl groups is 1. The molecule has 1 atom stereocenters. The van der Waals surface area contributed by atoms with E-state index in [0.717, 1.165) is 30.9 Å². The van der Waals surface area contributed by atoms with Crippen molar-refractivity contribution in [1.82, 2.24) is 4.90 Å². The number of likely N-dealkylation sites (tertiary alicyclic amines) is 1. The van der Waals surface area contributed by atoms with Gasteiger partial charge in [0.15, 0.2) is 0 Å². The van der Waals surface area contributed by atoms with Gasteiger partial charge in [-0.2, -0.15) is 5.10 Å². The quantitative estimate of drug-likeness (QED) is 0.210. The van der Waals surface area contributed by atoms with E-state index < -0.39 is 11.5 Å². The lowest BCUT2D eigenvalue weighted by atomic mass is 9.86. The van der Waals surface area contributed by atoms with Crippen molar-refractivity contribution in [3.05, 3.63) is 76.1 Å². The van der Waals surface area contributed by atoms with Gasteiger partial charge in [0.1, 0.15) is 11.3 Å². The van der Waals surface area contributed by atoms with Gasteiger partial charge in [0.05, 0.1) is 10.9 Å². The highest BCUT2D eigenvalue weighted by molar-refractivity contribution is 5.88. The van der Waals surface area contributed by atoms with E-state index in [4.69, 9.17) is 15.9 Å². The lowest BCUT2D eigenvalue weighted by molar-refractivity contribution is 0.349. The normalized spacial score (nSPS) is 15.6. The van der Waals surface area contributed by atoms with Gasteiger partial charge < -0.3 is 25.9 Å². The fourth-order valence-corrected chi connectivity index (χ4v) is 4.38. The Balaban J connectivity index is 1.75. The number of benzene rings is 2. The lowest BCUT2D eigenvalue weighted by Crippen LogP contribution is -2.25. The van der Waals surface area contributed by atoms with Crippen LogP contribution in [0.5, 0.6) is 5.75 Å². The minimum Gasteiger partial charge on any atom is -0.507 e. The van der Waals surface area contributed by atoms with Gasteiger partial charge in [-0.15, -0.1) is 5.10 Å². The molecule has 0 bridgehead atoms. The highest BCUT2D eigenvalue weighted by Crippen LogP contribution is 2.36. The fourth-order valence-electron chi connectivity index (χ4n) is 4.38. The molecule has 2 aromatic carbocycles. The van der Waals surface area contributed by atoms with Crippen LogP contribution in [0.4, 0.5) is 0 Å². The molecule has 0 radical (unpaired) electrons. The minimum absolute atomic E-state index is 0.0727. The van der Waals surface area contributed by atoms with Gasteiger partial charge in [0.25, 0.3) is 0 Å². The van der Waals surface area contributed by atoms with Crippen molar-refractivity contribution >= 4 is 22.6 Å². The molecule has 0 saturated carbocycles. The van der Waals surface area contributed by atoms with Gasteiger partial charge in [-0.25, -0.2) is 4.79 Å². The van der Waals surface area contributed by atoms with E-state index in [1.54, 1.807) is 24.3 Å². The Kier molecular flexibility index (Phi) is 7.04. The average Bonchev–Trinajstić information content (AvgIpc) is 3.34. The van der Waals surface area contributed by atoms with E-state index in [1.165, 1.54) is 12.8 Å². The number of nitrogens with zero attached hydrogens (tertiary/aromatic N) is 3. The van der Waals surface area contributed by atoms with E-state index in [-0.39, 0.29) is 17.3 Å². The Bertz CT molecular complexity index is 1210. The van der Waals surface area contributed by atoms with Crippen molar-refractivity contribution in [1.29, 1.82) is 0 Å². The van der Waals surface area contributed by atoms with Crippen molar-refractivity contribution in [2.75, 3.05) is 19.6 Å². The first kappa shape index (κ1) is 22.5. The number of rotatable bonds is 8. The summed E-state index contributed by atoms with van der Waals surface area (Å²) in [5.41, 5.74) is 12.7. The monoisotopic (exact) mass is 447 g/mol. The number of hydrogen-bond acceptors (Lipinski definition) is 6. The molecular formula is C25H29N5O3. The second-order valence-electron chi connectivity index (χ2n) is 8.31. The highest BCUT2D eigenvalue weighted by atomic mass is 16.4. The summed E-state index contributed by atoms with van der Waals surface area (Å²) in [6.45, 7) is 2.96. The molecule has 8 nitrogen and oxygen atoms in total. The van der Waals surface area contributed by atoms with Crippen LogP contribution in [0, 0.1) is 0 Å². The summed E-state index contributed by atoms with van der Waals surface area (Å²) in [5, 5.41) is 19.8. The molecule has 0 unspecified atom stereocenters. The zero-order valence-electron chi connectivity index (χ0n) is 18.5. The first-order valence-corrected chi connectivity index (χ1v) is 11.2. The molecule has 2 heterocycles. The summed E-state index contributed by atoms with van der Waals surface area (Å²) in [4.78, 5) is 15.4. The molecule has 1 aliphatic rings. The number of nitrogens with two attached hydrogens (primary N) is 2. The smallest absolute Gasteiger partial charge is 0.343 e. The van der Waals surface area contributed by atoms with Crippen LogP contribution >= 0.6 is 0 Å². The van der Waals surface area contributed by atoms with Crippen LogP contribution in [0.3, 0.4) is 0 Å². The van der Waals surface area contributed by atoms with Gasteiger partial charge >= 0.3 is 5.63 Å². The SMILES string of the molecule is NC(N)=N/N=C(\CCN1CCCC1)C[C@H](c1ccccc1)c1c(O)c2ccccc2oc1=O. The minimum atomic E-state index is -0.569. The van der Waals surface area contributed by atoms with Crippen molar-refractivity contribution in [3.8, 4) is 5.75 Å². The third-order valence-electron chi connectivity index (χ3n) is 6.03. The summed E-state index contributed by atoms with van der Waals surface area (Å²) in [6.07, 6.45) is 3.41. The Labute approximate surface area is 192 Å². The molecule has 0 spiro atoms. The van der Waals surface area contributed by atoms with Gasteiger partial charge in [0, 0.05) is 24.6 Å². The number of para-hydroxylation sites is 1. The first-order valence-electron chi connectivity index (χ1n) is 11.2. The highest BCUT2D eigenvalue weighted by Gasteiger charge is 2.26. The summed E-state index contributed by atoms with van der Waals surface area (Å²) in [6, 6.07) is 16.5. The maximum absolute atomic E-state index is 13.0. The van der Waals surface area contributed by atoms with Crippen LogP contribution in [-0.2, 0) is 0 Å². The van der Waals surface area contributed by atoms with Crippen molar-refractivity contribution < 1.29 is 9.52 Å². The molecule has 4 rings (SSSR count). The molecular weight excluding hydrogens is 418 g/mol. The molecule has 0 aliphatic carbocycles. The van der Waals surface area contributed by atoms with E-state index >= 15 is 0 Å². The Hall–Kier alpha value is -3.65. The molecule has 0 amide bonds. The Morgan fingerprint density at radius 1 is 1.03 bits per heavy atom. The van der Waals surface area contributed by atoms with E-state index in [9.17, 15) is 9.90 Å². The predicted octanol–water partition coefficient (Wildman–Crippen LogP) is 3.14. The first-order chi connectivity index (χ1) is 16.0. The molecule has 3 aromatic rings. The van der Waals surface area contributed by atoms with Crippen LogP contribution < -0.4 is 17.1 Å². The zero-order chi connectivity index (χ0) is 23.2. The van der Waals surface area contributed by atoms with Crippen LogP contribution in [-0.4, -0.2) is 41.3 Å². The summed E-state index contributed by atoms with van der Waals surface area (Å²) >= 11 is 0. The second-order valence-corrected chi connectivity index (χ2v) is 8.31. The topological polar surface area (TPSA) is 130 Å². The van der Waals surface area contributed by atoms with Crippen LogP contribution in [0.2, 0.25) is 0 Å². The second kappa shape index (κ2) is 10.3. The Morgan fingerprint density at radius 2 is 1.73 bits per heavy atom. The zero-order valence-corrected chi connectivity index (χ0v) is 18.5. The van der Waals surface area contributed by atoms with Crippen molar-refractivity contribution in [2.45, 2.75) is 31.6 Å². The molecule has 1 aliphatic heterocycles. The molecule has 1 aromatic heterocycles. The summed E-state index contributed by atoms with van der Waals surface area (Å²) in [7, 11) is 0. The third-order valence-corrected chi connectivity index (χ3v) is 6.03. The van der Waals surface area contributed by atoms with Crippen molar-refractivity contribution in [3.63, 3.8) is 0 Å². The molecule has 33 heavy (non-hydrogen) atoms. The third kappa shape index (κ3) is 5.40. The molecule has 1 saturated heterocycles. The standard InChI is InChI=1S/C25H29N5O3/c26-25(27)29-28-18(12-15-30-13-6-7-14-30)16-20(17-8-2-1-3-9-17)22-23(31)19-10-4-5-11-21(19)33-24(22)32/h1-5,8-11,20,31H,6-7,12-16H2,(H4,26,27,29)/b28-18+/t20-/m1/s1. The van der Waals surface area contributed by atoms with Gasteiger partial charge in [-0.05, 0) is 50.0 Å².